The minimum absolute atomic E-state index is 0.0948. The summed E-state index contributed by atoms with van der Waals surface area (Å²) in [5, 5.41) is 30.4. The van der Waals surface area contributed by atoms with E-state index in [0.717, 1.165) is 56.9 Å². The molecule has 1 aromatic carbocycles. The normalized spacial score (nSPS) is 15.3. The van der Waals surface area contributed by atoms with Crippen LogP contribution in [0.15, 0.2) is 52.0 Å². The summed E-state index contributed by atoms with van der Waals surface area (Å²) in [4.78, 5) is 38.2. The standard InChI is InChI=1S/C23H24N4O3S2.C2H2O4/c1-31-23-19(16-7-9-17(10-8-16)27(28)29)21-22(32-23)20(18-6-5-13-26(18)21)24-30-15-14-25-11-3-2-4-12-25;3-1(4)2(5)6/h5-10,13H,2-4,11-12,14-15H2,1H3;(H,3,4)(H,5,6)/b24-20-;. The van der Waals surface area contributed by atoms with Crippen LogP contribution in [-0.4, -0.2) is 74.8 Å². The fourth-order valence-electron chi connectivity index (χ4n) is 4.38. The Bertz CT molecular complexity index is 1350. The fourth-order valence-corrected chi connectivity index (χ4v) is 6.42. The van der Waals surface area contributed by atoms with Gasteiger partial charge in [-0.2, -0.15) is 0 Å². The number of carbonyl (C=O) groups is 2. The Hall–Kier alpha value is -3.68. The molecule has 2 aliphatic rings. The van der Waals surface area contributed by atoms with E-state index < -0.39 is 11.9 Å². The lowest BCUT2D eigenvalue weighted by Gasteiger charge is -2.25. The number of carboxylic acids is 2. The topological polar surface area (TPSA) is 148 Å². The van der Waals surface area contributed by atoms with Gasteiger partial charge in [0.15, 0.2) is 0 Å². The minimum atomic E-state index is -1.82. The van der Waals surface area contributed by atoms with Crippen molar-refractivity contribution in [1.29, 1.82) is 0 Å². The average Bonchev–Trinajstić information content (AvgIpc) is 3.60. The van der Waals surface area contributed by atoms with E-state index in [2.05, 4.69) is 26.9 Å². The maximum absolute atomic E-state index is 11.1. The van der Waals surface area contributed by atoms with Crippen LogP contribution in [0.25, 0.3) is 16.8 Å². The molecule has 2 N–H and O–H groups in total. The van der Waals surface area contributed by atoms with Crippen LogP contribution in [0.3, 0.4) is 0 Å². The van der Waals surface area contributed by atoms with Crippen LogP contribution in [0.4, 0.5) is 5.69 Å². The Morgan fingerprint density at radius 2 is 1.82 bits per heavy atom. The molecule has 3 aromatic rings. The Kier molecular flexibility index (Phi) is 8.81. The number of nitro benzene ring substituents is 1. The summed E-state index contributed by atoms with van der Waals surface area (Å²) in [7, 11) is 0. The fraction of sp³-hybridized carbons (Fsp3) is 0.320. The van der Waals surface area contributed by atoms with Crippen LogP contribution in [0.2, 0.25) is 0 Å². The zero-order chi connectivity index (χ0) is 27.2. The third kappa shape index (κ3) is 5.90. The molecule has 2 aliphatic heterocycles. The van der Waals surface area contributed by atoms with Crippen molar-refractivity contribution in [2.75, 3.05) is 32.5 Å². The number of hydrogen-bond acceptors (Lipinski definition) is 9. The van der Waals surface area contributed by atoms with Crippen molar-refractivity contribution in [2.24, 2.45) is 5.16 Å². The van der Waals surface area contributed by atoms with Crippen LogP contribution in [0, 0.1) is 10.1 Å². The smallest absolute Gasteiger partial charge is 0.414 e. The van der Waals surface area contributed by atoms with Crippen molar-refractivity contribution in [3.8, 4) is 16.8 Å². The Labute approximate surface area is 226 Å². The molecule has 0 spiro atoms. The number of nitro groups is 1. The monoisotopic (exact) mass is 558 g/mol. The molecule has 200 valence electrons. The van der Waals surface area contributed by atoms with Gasteiger partial charge in [0, 0.05) is 30.4 Å². The lowest BCUT2D eigenvalue weighted by atomic mass is 10.1. The van der Waals surface area contributed by atoms with Crippen molar-refractivity contribution < 1.29 is 29.6 Å². The van der Waals surface area contributed by atoms with Gasteiger partial charge in [0.25, 0.3) is 5.69 Å². The maximum Gasteiger partial charge on any atom is 0.414 e. The van der Waals surface area contributed by atoms with Crippen molar-refractivity contribution in [2.45, 2.75) is 23.5 Å². The molecule has 0 radical (unpaired) electrons. The van der Waals surface area contributed by atoms with Crippen molar-refractivity contribution in [3.05, 3.63) is 63.3 Å². The van der Waals surface area contributed by atoms with Gasteiger partial charge in [0.05, 0.1) is 25.4 Å². The third-order valence-electron chi connectivity index (χ3n) is 6.14. The second-order valence-corrected chi connectivity index (χ2v) is 10.6. The van der Waals surface area contributed by atoms with Crippen LogP contribution >= 0.6 is 23.1 Å². The molecular weight excluding hydrogens is 532 g/mol. The van der Waals surface area contributed by atoms with Gasteiger partial charge in [-0.1, -0.05) is 11.6 Å². The number of fused-ring (bicyclic) bond motifs is 3. The van der Waals surface area contributed by atoms with Gasteiger partial charge in [-0.15, -0.1) is 23.1 Å². The number of non-ortho nitro benzene ring substituents is 1. The maximum atomic E-state index is 11.1. The SMILES string of the molecule is CSc1sc2c(c1-c1ccc([N+](=O)[O-])cc1)-n1cccc1/C2=N/OCCN1CCCCC1.O=C(O)C(=O)O. The molecule has 0 amide bonds. The molecule has 0 saturated carbocycles. The number of oxime groups is 1. The number of aliphatic carboxylic acids is 2. The van der Waals surface area contributed by atoms with Gasteiger partial charge < -0.3 is 19.6 Å². The van der Waals surface area contributed by atoms with Crippen molar-refractivity contribution in [3.63, 3.8) is 0 Å². The first kappa shape index (κ1) is 27.4. The first-order chi connectivity index (χ1) is 18.3. The number of thiophene rings is 1. The van der Waals surface area contributed by atoms with E-state index in [-0.39, 0.29) is 10.6 Å². The van der Waals surface area contributed by atoms with E-state index in [1.807, 2.05) is 24.4 Å². The molecule has 13 heteroatoms. The molecule has 1 fully saturated rings. The summed E-state index contributed by atoms with van der Waals surface area (Å²) >= 11 is 3.38. The summed E-state index contributed by atoms with van der Waals surface area (Å²) in [6.07, 6.45) is 7.95. The molecule has 0 bridgehead atoms. The van der Waals surface area contributed by atoms with E-state index in [1.54, 1.807) is 35.2 Å². The van der Waals surface area contributed by atoms with Crippen molar-refractivity contribution in [1.82, 2.24) is 9.47 Å². The zero-order valence-corrected chi connectivity index (χ0v) is 22.2. The lowest BCUT2D eigenvalue weighted by molar-refractivity contribution is -0.384. The van der Waals surface area contributed by atoms with Crippen molar-refractivity contribution >= 4 is 46.4 Å². The number of nitrogens with zero attached hydrogens (tertiary/aromatic N) is 4. The number of thioether (sulfide) groups is 1. The van der Waals surface area contributed by atoms with Crippen LogP contribution in [0.1, 0.15) is 29.8 Å². The number of likely N-dealkylation sites (tertiary alicyclic amines) is 1. The predicted octanol–water partition coefficient (Wildman–Crippen LogP) is 4.56. The van der Waals surface area contributed by atoms with Gasteiger partial charge in [0.2, 0.25) is 0 Å². The number of carboxylic acid groups (broad SMARTS) is 2. The Morgan fingerprint density at radius 3 is 2.42 bits per heavy atom. The highest BCUT2D eigenvalue weighted by molar-refractivity contribution is 8.00. The van der Waals surface area contributed by atoms with Gasteiger partial charge in [-0.05, 0) is 62.0 Å². The van der Waals surface area contributed by atoms with E-state index in [1.165, 1.54) is 19.3 Å². The largest absolute Gasteiger partial charge is 0.473 e. The number of rotatable bonds is 7. The molecule has 0 aliphatic carbocycles. The van der Waals surface area contributed by atoms with E-state index in [9.17, 15) is 10.1 Å². The first-order valence-corrected chi connectivity index (χ1v) is 13.9. The second-order valence-electron chi connectivity index (χ2n) is 8.50. The molecule has 4 heterocycles. The Morgan fingerprint density at radius 1 is 1.13 bits per heavy atom. The summed E-state index contributed by atoms with van der Waals surface area (Å²) in [6, 6.07) is 10.8. The second kappa shape index (κ2) is 12.2. The molecule has 11 nitrogen and oxygen atoms in total. The summed E-state index contributed by atoms with van der Waals surface area (Å²) in [5.74, 6) is -3.65. The summed E-state index contributed by atoms with van der Waals surface area (Å²) in [5.41, 5.74) is 5.09. The predicted molar refractivity (Wildman–Crippen MR) is 145 cm³/mol. The highest BCUT2D eigenvalue weighted by Gasteiger charge is 2.33. The number of aromatic nitrogens is 1. The van der Waals surface area contributed by atoms with E-state index in [0.29, 0.717) is 6.61 Å². The molecule has 38 heavy (non-hydrogen) atoms. The molecule has 2 aromatic heterocycles. The van der Waals surface area contributed by atoms with Gasteiger partial charge in [-0.3, -0.25) is 15.0 Å². The zero-order valence-electron chi connectivity index (χ0n) is 20.5. The van der Waals surface area contributed by atoms with E-state index in [4.69, 9.17) is 24.6 Å². The average molecular weight is 559 g/mol. The van der Waals surface area contributed by atoms with Crippen LogP contribution < -0.4 is 0 Å². The number of benzene rings is 1. The molecular formula is C25H26N4O7S2. The highest BCUT2D eigenvalue weighted by Crippen LogP contribution is 2.48. The molecule has 1 saturated heterocycles. The quantitative estimate of drug-likeness (QED) is 0.109. The van der Waals surface area contributed by atoms with Gasteiger partial charge in [0.1, 0.15) is 12.3 Å². The minimum Gasteiger partial charge on any atom is -0.473 e. The van der Waals surface area contributed by atoms with Crippen LogP contribution in [0.5, 0.6) is 0 Å². The highest BCUT2D eigenvalue weighted by atomic mass is 32.2. The third-order valence-corrected chi connectivity index (χ3v) is 8.44. The molecule has 0 atom stereocenters. The number of piperidine rings is 1. The molecule has 0 unspecified atom stereocenters. The van der Waals surface area contributed by atoms with Crippen LogP contribution in [-0.2, 0) is 14.4 Å². The summed E-state index contributed by atoms with van der Waals surface area (Å²) < 4.78 is 3.30. The van der Waals surface area contributed by atoms with Gasteiger partial charge >= 0.3 is 11.9 Å². The lowest BCUT2D eigenvalue weighted by Crippen LogP contribution is -2.32. The molecule has 5 rings (SSSR count). The van der Waals surface area contributed by atoms with E-state index >= 15 is 0 Å². The van der Waals surface area contributed by atoms with Gasteiger partial charge in [-0.25, -0.2) is 9.59 Å². The first-order valence-electron chi connectivity index (χ1n) is 11.8. The number of hydrogen-bond donors (Lipinski definition) is 2. The Balaban J connectivity index is 0.000000505. The summed E-state index contributed by atoms with van der Waals surface area (Å²) in [6.45, 7) is 3.77.